The summed E-state index contributed by atoms with van der Waals surface area (Å²) in [6, 6.07) is 6.46. The molecule has 1 rings (SSSR count). The van der Waals surface area contributed by atoms with Crippen molar-refractivity contribution < 1.29 is 5.21 Å². The molecule has 0 fully saturated rings. The van der Waals surface area contributed by atoms with E-state index in [9.17, 15) is 0 Å². The van der Waals surface area contributed by atoms with E-state index in [-0.39, 0.29) is 5.84 Å². The normalized spacial score (nSPS) is 13.7. The quantitative estimate of drug-likeness (QED) is 0.225. The largest absolute Gasteiger partial charge is 0.409 e. The number of nitrogens with zero attached hydrogens (tertiary/aromatic N) is 2. The molecule has 0 spiro atoms. The molecule has 0 radical (unpaired) electrons. The van der Waals surface area contributed by atoms with Crippen LogP contribution in [0.3, 0.4) is 0 Å². The van der Waals surface area contributed by atoms with Crippen LogP contribution in [-0.4, -0.2) is 42.1 Å². The molecular weight excluding hydrogens is 264 g/mol. The van der Waals surface area contributed by atoms with Crippen LogP contribution in [0, 0.1) is 6.92 Å². The fraction of sp³-hybridized carbons (Fsp3) is 0.562. The topological polar surface area (TPSA) is 73.9 Å². The van der Waals surface area contributed by atoms with E-state index in [4.69, 9.17) is 10.9 Å². The number of amidine groups is 1. The highest BCUT2D eigenvalue weighted by Gasteiger charge is 2.06. The number of nitrogens with one attached hydrogen (secondary N) is 1. The molecule has 0 aromatic heterocycles. The zero-order valence-electron chi connectivity index (χ0n) is 13.6. The first-order valence-electron chi connectivity index (χ1n) is 7.48. The Labute approximate surface area is 127 Å². The number of hydrogen-bond donors (Lipinski definition) is 3. The molecule has 5 heteroatoms. The van der Waals surface area contributed by atoms with Gasteiger partial charge in [0.1, 0.15) is 0 Å². The molecule has 1 atom stereocenters. The highest BCUT2D eigenvalue weighted by atomic mass is 16.4. The monoisotopic (exact) mass is 292 g/mol. The Balaban J connectivity index is 2.46. The van der Waals surface area contributed by atoms with Crippen LogP contribution >= 0.6 is 0 Å². The molecule has 0 amide bonds. The molecule has 4 N–H and O–H groups in total. The average molecular weight is 292 g/mol. The maximum Gasteiger partial charge on any atom is 0.170 e. The van der Waals surface area contributed by atoms with Gasteiger partial charge in [-0.05, 0) is 44.5 Å². The number of oxime groups is 1. The molecule has 5 nitrogen and oxygen atoms in total. The Hall–Kier alpha value is -1.59. The maximum atomic E-state index is 8.68. The number of aryl methyl sites for hydroxylation is 1. The Morgan fingerprint density at radius 3 is 2.76 bits per heavy atom. The van der Waals surface area contributed by atoms with Gasteiger partial charge in [-0.2, -0.15) is 0 Å². The van der Waals surface area contributed by atoms with Crippen LogP contribution in [0.15, 0.2) is 23.4 Å². The summed E-state index contributed by atoms with van der Waals surface area (Å²) in [5, 5.41) is 15.2. The van der Waals surface area contributed by atoms with Crippen molar-refractivity contribution in [1.82, 2.24) is 10.2 Å². The summed E-state index contributed by atoms with van der Waals surface area (Å²) in [6.07, 6.45) is 1.17. The minimum Gasteiger partial charge on any atom is -0.409 e. The van der Waals surface area contributed by atoms with Crippen molar-refractivity contribution in [3.8, 4) is 0 Å². The van der Waals surface area contributed by atoms with E-state index >= 15 is 0 Å². The number of rotatable bonds is 8. The van der Waals surface area contributed by atoms with Gasteiger partial charge in [-0.3, -0.25) is 0 Å². The molecule has 118 valence electrons. The minimum absolute atomic E-state index is 0.146. The van der Waals surface area contributed by atoms with Gasteiger partial charge < -0.3 is 21.2 Å². The van der Waals surface area contributed by atoms with Crippen LogP contribution in [0.5, 0.6) is 0 Å². The lowest BCUT2D eigenvalue weighted by molar-refractivity contribution is 0.251. The van der Waals surface area contributed by atoms with Gasteiger partial charge in [0.2, 0.25) is 0 Å². The van der Waals surface area contributed by atoms with Crippen molar-refractivity contribution in [3.05, 3.63) is 34.9 Å². The summed E-state index contributed by atoms with van der Waals surface area (Å²) >= 11 is 0. The molecule has 1 aromatic rings. The molecule has 0 aliphatic heterocycles. The van der Waals surface area contributed by atoms with E-state index in [0.717, 1.165) is 30.8 Å². The van der Waals surface area contributed by atoms with E-state index in [1.807, 2.05) is 25.1 Å². The summed E-state index contributed by atoms with van der Waals surface area (Å²) in [5.74, 6) is 0.146. The third kappa shape index (κ3) is 5.36. The maximum absolute atomic E-state index is 8.68. The van der Waals surface area contributed by atoms with Crippen molar-refractivity contribution in [2.75, 3.05) is 20.1 Å². The smallest absolute Gasteiger partial charge is 0.170 e. The zero-order chi connectivity index (χ0) is 15.8. The zero-order valence-corrected chi connectivity index (χ0v) is 13.6. The fourth-order valence-corrected chi connectivity index (χ4v) is 2.12. The van der Waals surface area contributed by atoms with Crippen LogP contribution in [-0.2, 0) is 6.54 Å². The van der Waals surface area contributed by atoms with E-state index < -0.39 is 0 Å². The van der Waals surface area contributed by atoms with E-state index in [1.54, 1.807) is 0 Å². The third-order valence-electron chi connectivity index (χ3n) is 4.05. The molecule has 1 unspecified atom stereocenters. The summed E-state index contributed by atoms with van der Waals surface area (Å²) in [4.78, 5) is 2.36. The first-order valence-corrected chi connectivity index (χ1v) is 7.48. The van der Waals surface area contributed by atoms with E-state index in [2.05, 4.69) is 36.3 Å². The molecular formula is C16H28N4O. The number of hydrogen-bond acceptors (Lipinski definition) is 4. The predicted octanol–water partition coefficient (Wildman–Crippen LogP) is 1.91. The van der Waals surface area contributed by atoms with Crippen LogP contribution in [0.2, 0.25) is 0 Å². The highest BCUT2D eigenvalue weighted by Crippen LogP contribution is 2.11. The van der Waals surface area contributed by atoms with Crippen molar-refractivity contribution in [3.63, 3.8) is 0 Å². The summed E-state index contributed by atoms with van der Waals surface area (Å²) < 4.78 is 0. The van der Waals surface area contributed by atoms with Crippen LogP contribution < -0.4 is 11.1 Å². The van der Waals surface area contributed by atoms with Gasteiger partial charge in [-0.25, -0.2) is 0 Å². The Morgan fingerprint density at radius 2 is 2.19 bits per heavy atom. The number of benzene rings is 1. The Kier molecular flexibility index (Phi) is 7.19. The molecule has 1 aromatic carbocycles. The van der Waals surface area contributed by atoms with Gasteiger partial charge >= 0.3 is 0 Å². The predicted molar refractivity (Wildman–Crippen MR) is 87.8 cm³/mol. The molecule has 0 saturated carbocycles. The highest BCUT2D eigenvalue weighted by molar-refractivity contribution is 5.97. The second-order valence-electron chi connectivity index (χ2n) is 5.54. The average Bonchev–Trinajstić information content (AvgIpc) is 2.50. The van der Waals surface area contributed by atoms with E-state index in [1.165, 1.54) is 12.0 Å². The molecule has 0 saturated heterocycles. The van der Waals surface area contributed by atoms with Gasteiger partial charge in [-0.1, -0.05) is 24.2 Å². The molecule has 0 bridgehead atoms. The van der Waals surface area contributed by atoms with Crippen molar-refractivity contribution >= 4 is 5.84 Å². The van der Waals surface area contributed by atoms with Crippen molar-refractivity contribution in [1.29, 1.82) is 0 Å². The minimum atomic E-state index is 0.146. The first-order chi connectivity index (χ1) is 9.99. The number of nitrogens with two attached hydrogens (primary N) is 1. The lowest BCUT2D eigenvalue weighted by Crippen LogP contribution is -2.34. The molecule has 0 heterocycles. The fourth-order valence-electron chi connectivity index (χ4n) is 2.12. The van der Waals surface area contributed by atoms with Gasteiger partial charge in [0.25, 0.3) is 0 Å². The third-order valence-corrected chi connectivity index (χ3v) is 4.05. The Bertz CT molecular complexity index is 473. The van der Waals surface area contributed by atoms with Gasteiger partial charge in [0.05, 0.1) is 0 Å². The van der Waals surface area contributed by atoms with E-state index in [0.29, 0.717) is 6.04 Å². The van der Waals surface area contributed by atoms with Gasteiger partial charge in [0.15, 0.2) is 5.84 Å². The molecule has 21 heavy (non-hydrogen) atoms. The second kappa shape index (κ2) is 8.64. The van der Waals surface area contributed by atoms with Crippen molar-refractivity contribution in [2.45, 2.75) is 39.8 Å². The molecule has 0 aliphatic carbocycles. The van der Waals surface area contributed by atoms with Gasteiger partial charge in [-0.15, -0.1) is 0 Å². The Morgan fingerprint density at radius 1 is 1.48 bits per heavy atom. The lowest BCUT2D eigenvalue weighted by atomic mass is 10.0. The summed E-state index contributed by atoms with van der Waals surface area (Å²) in [5.41, 5.74) is 8.71. The standard InChI is InChI=1S/C16H28N4O/c1-5-13(3)20(4)9-8-18-11-15-7-6-14(10-12(15)2)16(17)19-21/h6-7,10,13,18,21H,5,8-9,11H2,1-4H3,(H2,17,19). The summed E-state index contributed by atoms with van der Waals surface area (Å²) in [7, 11) is 2.16. The number of likely N-dealkylation sites (N-methyl/N-ethyl adjacent to an activating group) is 1. The lowest BCUT2D eigenvalue weighted by Gasteiger charge is -2.23. The SMILES string of the molecule is CCC(C)N(C)CCNCc1ccc(/C(N)=N/O)cc1C. The van der Waals surface area contributed by atoms with Crippen LogP contribution in [0.1, 0.15) is 37.0 Å². The van der Waals surface area contributed by atoms with Gasteiger partial charge in [0, 0.05) is 31.2 Å². The first kappa shape index (κ1) is 17.5. The van der Waals surface area contributed by atoms with Crippen LogP contribution in [0.4, 0.5) is 0 Å². The summed E-state index contributed by atoms with van der Waals surface area (Å²) in [6.45, 7) is 9.32. The molecule has 0 aliphatic rings. The van der Waals surface area contributed by atoms with Crippen LogP contribution in [0.25, 0.3) is 0 Å². The van der Waals surface area contributed by atoms with Crippen molar-refractivity contribution in [2.24, 2.45) is 10.9 Å². The second-order valence-corrected chi connectivity index (χ2v) is 5.54.